The van der Waals surface area contributed by atoms with E-state index in [9.17, 15) is 13.0 Å². The summed E-state index contributed by atoms with van der Waals surface area (Å²) in [4.78, 5) is -0.455. The molecule has 0 fully saturated rings. The summed E-state index contributed by atoms with van der Waals surface area (Å²) >= 11 is 0. The minimum Gasteiger partial charge on any atom is -0.486 e. The molecular weight excluding hydrogens is 294 g/mol. The summed E-state index contributed by atoms with van der Waals surface area (Å²) in [6, 6.07) is 2.48. The van der Waals surface area contributed by atoms with Gasteiger partial charge in [-0.15, -0.1) is 0 Å². The van der Waals surface area contributed by atoms with Gasteiger partial charge in [0.15, 0.2) is 4.90 Å². The molecule has 1 radical (unpaired) electrons. The fourth-order valence-electron chi connectivity index (χ4n) is 1.64. The van der Waals surface area contributed by atoms with Crippen molar-refractivity contribution in [1.82, 2.24) is 5.73 Å². The summed E-state index contributed by atoms with van der Waals surface area (Å²) in [6.45, 7) is 10.4. The first-order valence-electron chi connectivity index (χ1n) is 6.44. The second kappa shape index (κ2) is 5.38. The molecule has 1 aromatic carbocycles. The predicted molar refractivity (Wildman–Crippen MR) is 79.8 cm³/mol. The van der Waals surface area contributed by atoms with Crippen molar-refractivity contribution in [3.8, 4) is 11.5 Å². The van der Waals surface area contributed by atoms with Crippen molar-refractivity contribution in [3.05, 3.63) is 12.1 Å². The molecule has 0 saturated carbocycles. The van der Waals surface area contributed by atoms with E-state index >= 15 is 0 Å². The van der Waals surface area contributed by atoms with Gasteiger partial charge in [0.05, 0.1) is 5.69 Å². The number of ether oxygens (including phenoxy) is 2. The standard InChI is InChI=1S/C14H22NO5S/c1-13(2,3)19-10-7-9(15)8-11(20-14(4,5)6)12(10)21(16,17)18/h7-8,15H,1-6H3,(H,16,17,18). The zero-order valence-corrected chi connectivity index (χ0v) is 14.0. The second-order valence-electron chi connectivity index (χ2n) is 6.71. The van der Waals surface area contributed by atoms with Crippen LogP contribution in [0, 0.1) is 0 Å². The largest absolute Gasteiger partial charge is 0.486 e. The van der Waals surface area contributed by atoms with E-state index in [0.29, 0.717) is 0 Å². The molecule has 0 atom stereocenters. The molecule has 0 unspecified atom stereocenters. The molecule has 1 aromatic rings. The smallest absolute Gasteiger partial charge is 0.301 e. The van der Waals surface area contributed by atoms with Gasteiger partial charge in [-0.3, -0.25) is 4.55 Å². The van der Waals surface area contributed by atoms with Crippen LogP contribution < -0.4 is 15.2 Å². The first kappa shape index (κ1) is 17.6. The lowest BCUT2D eigenvalue weighted by atomic mass is 10.1. The molecule has 0 aliphatic carbocycles. The summed E-state index contributed by atoms with van der Waals surface area (Å²) in [5.41, 5.74) is 6.41. The minimum atomic E-state index is -4.56. The maximum atomic E-state index is 11.7. The van der Waals surface area contributed by atoms with Crippen LogP contribution in [0.3, 0.4) is 0 Å². The third-order valence-electron chi connectivity index (χ3n) is 2.11. The van der Waals surface area contributed by atoms with E-state index in [1.807, 2.05) is 0 Å². The first-order valence-corrected chi connectivity index (χ1v) is 7.88. The summed E-state index contributed by atoms with van der Waals surface area (Å²) in [7, 11) is -4.56. The highest BCUT2D eigenvalue weighted by atomic mass is 32.2. The topological polar surface area (TPSA) is 96.6 Å². The molecule has 0 aromatic heterocycles. The van der Waals surface area contributed by atoms with E-state index in [2.05, 4.69) is 0 Å². The van der Waals surface area contributed by atoms with E-state index in [-0.39, 0.29) is 17.2 Å². The Hall–Kier alpha value is -1.47. The lowest BCUT2D eigenvalue weighted by Gasteiger charge is -2.26. The van der Waals surface area contributed by atoms with Crippen LogP contribution in [0.15, 0.2) is 17.0 Å². The quantitative estimate of drug-likeness (QED) is 0.864. The fourth-order valence-corrected chi connectivity index (χ4v) is 2.35. The van der Waals surface area contributed by atoms with Crippen molar-refractivity contribution < 1.29 is 22.4 Å². The van der Waals surface area contributed by atoms with Gasteiger partial charge >= 0.3 is 10.1 Å². The molecule has 0 spiro atoms. The van der Waals surface area contributed by atoms with Crippen molar-refractivity contribution >= 4 is 15.8 Å². The molecular formula is C14H22NO5S. The van der Waals surface area contributed by atoms with Gasteiger partial charge in [0.2, 0.25) is 0 Å². The van der Waals surface area contributed by atoms with E-state index in [1.54, 1.807) is 41.5 Å². The summed E-state index contributed by atoms with van der Waals surface area (Å²) in [6.07, 6.45) is 0. The molecule has 119 valence electrons. The molecule has 21 heavy (non-hydrogen) atoms. The van der Waals surface area contributed by atoms with E-state index in [4.69, 9.17) is 15.2 Å². The van der Waals surface area contributed by atoms with Crippen LogP contribution in [-0.4, -0.2) is 24.2 Å². The average Bonchev–Trinajstić information content (AvgIpc) is 2.06. The first-order chi connectivity index (χ1) is 9.19. The van der Waals surface area contributed by atoms with E-state index in [0.717, 1.165) is 0 Å². The Kier molecular flexibility index (Phi) is 4.51. The average molecular weight is 316 g/mol. The van der Waals surface area contributed by atoms with Crippen LogP contribution in [0.5, 0.6) is 11.5 Å². The Morgan fingerprint density at radius 1 is 0.952 bits per heavy atom. The molecule has 6 nitrogen and oxygen atoms in total. The number of benzene rings is 1. The summed E-state index contributed by atoms with van der Waals surface area (Å²) < 4.78 is 44.0. The predicted octanol–water partition coefficient (Wildman–Crippen LogP) is 3.20. The van der Waals surface area contributed by atoms with Crippen molar-refractivity contribution in [2.24, 2.45) is 0 Å². The summed E-state index contributed by atoms with van der Waals surface area (Å²) in [5, 5.41) is 0. The normalized spacial score (nSPS) is 13.1. The van der Waals surface area contributed by atoms with Gasteiger partial charge in [0.1, 0.15) is 22.7 Å². The number of hydrogen-bond donors (Lipinski definition) is 1. The Bertz CT molecular complexity index is 587. The second-order valence-corrected chi connectivity index (χ2v) is 8.06. The van der Waals surface area contributed by atoms with Crippen LogP contribution in [-0.2, 0) is 10.1 Å². The van der Waals surface area contributed by atoms with Crippen molar-refractivity contribution in [2.75, 3.05) is 0 Å². The van der Waals surface area contributed by atoms with Crippen molar-refractivity contribution in [3.63, 3.8) is 0 Å². The highest BCUT2D eigenvalue weighted by Gasteiger charge is 2.29. The highest BCUT2D eigenvalue weighted by molar-refractivity contribution is 7.86. The van der Waals surface area contributed by atoms with E-state index in [1.165, 1.54) is 12.1 Å². The molecule has 7 heteroatoms. The SMILES string of the molecule is CC(C)(C)Oc1cc([NH])cc(OC(C)(C)C)c1S(=O)(=O)O. The highest BCUT2D eigenvalue weighted by Crippen LogP contribution is 2.39. The number of hydrogen-bond acceptors (Lipinski definition) is 4. The molecule has 0 heterocycles. The number of nitrogens with one attached hydrogen (secondary N) is 1. The molecule has 2 N–H and O–H groups in total. The Labute approximate surface area is 126 Å². The zero-order valence-electron chi connectivity index (χ0n) is 13.1. The van der Waals surface area contributed by atoms with E-state index < -0.39 is 26.2 Å². The Morgan fingerprint density at radius 2 is 1.29 bits per heavy atom. The lowest BCUT2D eigenvalue weighted by molar-refractivity contribution is 0.112. The minimum absolute atomic E-state index is 0.0286. The van der Waals surface area contributed by atoms with Crippen LogP contribution >= 0.6 is 0 Å². The maximum absolute atomic E-state index is 11.7. The molecule has 0 bridgehead atoms. The van der Waals surface area contributed by atoms with Gasteiger partial charge < -0.3 is 15.2 Å². The van der Waals surface area contributed by atoms with Crippen LogP contribution in [0.2, 0.25) is 0 Å². The summed E-state index contributed by atoms with van der Waals surface area (Å²) in [5.74, 6) is -0.200. The number of rotatable bonds is 3. The molecule has 0 saturated heterocycles. The third kappa shape index (κ3) is 5.43. The van der Waals surface area contributed by atoms with Gasteiger partial charge in [-0.1, -0.05) is 0 Å². The Balaban J connectivity index is 3.57. The molecule has 1 rings (SSSR count). The van der Waals surface area contributed by atoms with Gasteiger partial charge in [0, 0.05) is 12.1 Å². The van der Waals surface area contributed by atoms with Gasteiger partial charge in [-0.05, 0) is 41.5 Å². The maximum Gasteiger partial charge on any atom is 0.301 e. The third-order valence-corrected chi connectivity index (χ3v) is 3.03. The molecule has 0 amide bonds. The van der Waals surface area contributed by atoms with Gasteiger partial charge in [-0.25, -0.2) is 0 Å². The van der Waals surface area contributed by atoms with Crippen molar-refractivity contribution in [1.29, 1.82) is 0 Å². The van der Waals surface area contributed by atoms with Crippen LogP contribution in [0.4, 0.5) is 5.69 Å². The van der Waals surface area contributed by atoms with Gasteiger partial charge in [0.25, 0.3) is 0 Å². The zero-order chi connectivity index (χ0) is 16.6. The fraction of sp³-hybridized carbons (Fsp3) is 0.571. The lowest BCUT2D eigenvalue weighted by Crippen LogP contribution is -2.26. The molecule has 0 aliphatic rings. The monoisotopic (exact) mass is 316 g/mol. The van der Waals surface area contributed by atoms with Crippen molar-refractivity contribution in [2.45, 2.75) is 57.6 Å². The van der Waals surface area contributed by atoms with Gasteiger partial charge in [-0.2, -0.15) is 8.42 Å². The van der Waals surface area contributed by atoms with Crippen LogP contribution in [0.1, 0.15) is 41.5 Å². The molecule has 0 aliphatic heterocycles. The van der Waals surface area contributed by atoms with Crippen LogP contribution in [0.25, 0.3) is 0 Å². The Morgan fingerprint density at radius 3 is 1.52 bits per heavy atom.